The Bertz CT molecular complexity index is 91.5. The minimum absolute atomic E-state index is 0.514. The molecule has 0 heterocycles. The number of hydrogen-bond donors (Lipinski definition) is 0. The lowest BCUT2D eigenvalue weighted by Crippen LogP contribution is -2.06. The molecule has 0 fully saturated rings. The van der Waals surface area contributed by atoms with Crippen LogP contribution < -0.4 is 0 Å². The van der Waals surface area contributed by atoms with Crippen molar-refractivity contribution in [3.05, 3.63) is 0 Å². The van der Waals surface area contributed by atoms with E-state index in [0.717, 1.165) is 4.83 Å². The number of rotatable bonds is 4. The van der Waals surface area contributed by atoms with Gasteiger partial charge in [0.25, 0.3) is 0 Å². The second kappa shape index (κ2) is 5.18. The maximum atomic E-state index is 3.64. The third kappa shape index (κ3) is 8.39. The Morgan fingerprint density at radius 3 is 2.18 bits per heavy atom. The van der Waals surface area contributed by atoms with E-state index in [0.29, 0.717) is 5.41 Å². The van der Waals surface area contributed by atoms with Crippen molar-refractivity contribution < 1.29 is 0 Å². The van der Waals surface area contributed by atoms with Crippen molar-refractivity contribution in [2.45, 2.75) is 58.2 Å². The van der Waals surface area contributed by atoms with Crippen LogP contribution in [0, 0.1) is 5.41 Å². The van der Waals surface area contributed by atoms with E-state index in [1.54, 1.807) is 0 Å². The van der Waals surface area contributed by atoms with E-state index in [2.05, 4.69) is 43.6 Å². The Hall–Kier alpha value is 0.480. The maximum absolute atomic E-state index is 3.64. The molecule has 0 radical (unpaired) electrons. The molecular weight excluding hydrogens is 200 g/mol. The summed E-state index contributed by atoms with van der Waals surface area (Å²) in [6.45, 7) is 9.16. The molecule has 0 saturated heterocycles. The smallest absolute Gasteiger partial charge is 0.0143 e. The highest BCUT2D eigenvalue weighted by Gasteiger charge is 2.10. The van der Waals surface area contributed by atoms with E-state index in [9.17, 15) is 0 Å². The molecular formula is C10H21Br. The van der Waals surface area contributed by atoms with Gasteiger partial charge in [0.15, 0.2) is 0 Å². The van der Waals surface area contributed by atoms with Crippen LogP contribution in [0.5, 0.6) is 0 Å². The average Bonchev–Trinajstić information content (AvgIpc) is 1.85. The fraction of sp³-hybridized carbons (Fsp3) is 1.00. The molecule has 0 saturated carbocycles. The molecule has 0 bridgehead atoms. The number of alkyl halides is 1. The minimum atomic E-state index is 0.514. The molecule has 68 valence electrons. The van der Waals surface area contributed by atoms with Crippen LogP contribution in [0.25, 0.3) is 0 Å². The third-order valence-corrected chi connectivity index (χ3v) is 2.99. The van der Waals surface area contributed by atoms with E-state index in [4.69, 9.17) is 0 Å². The van der Waals surface area contributed by atoms with E-state index >= 15 is 0 Å². The molecule has 0 spiro atoms. The van der Waals surface area contributed by atoms with Gasteiger partial charge in [0.05, 0.1) is 0 Å². The first-order valence-corrected chi connectivity index (χ1v) is 5.51. The van der Waals surface area contributed by atoms with Gasteiger partial charge in [-0.05, 0) is 24.7 Å². The van der Waals surface area contributed by atoms with Crippen molar-refractivity contribution in [3.63, 3.8) is 0 Å². The summed E-state index contributed by atoms with van der Waals surface area (Å²) < 4.78 is 0. The van der Waals surface area contributed by atoms with Crippen molar-refractivity contribution in [3.8, 4) is 0 Å². The summed E-state index contributed by atoms with van der Waals surface area (Å²) in [4.78, 5) is 0.741. The summed E-state index contributed by atoms with van der Waals surface area (Å²) >= 11 is 3.64. The first kappa shape index (κ1) is 11.5. The van der Waals surface area contributed by atoms with Crippen molar-refractivity contribution in [2.24, 2.45) is 5.41 Å². The zero-order valence-electron chi connectivity index (χ0n) is 8.28. The molecule has 0 aliphatic rings. The van der Waals surface area contributed by atoms with Crippen LogP contribution >= 0.6 is 15.9 Å². The second-order valence-corrected chi connectivity index (χ2v) is 5.75. The van der Waals surface area contributed by atoms with Crippen LogP contribution in [0.2, 0.25) is 0 Å². The topological polar surface area (TPSA) is 0 Å². The van der Waals surface area contributed by atoms with E-state index in [1.807, 2.05) is 0 Å². The summed E-state index contributed by atoms with van der Waals surface area (Å²) in [6, 6.07) is 0. The standard InChI is InChI=1S/C10H21Br/c1-5-9(11)7-6-8-10(2,3)4/h9H,5-8H2,1-4H3. The summed E-state index contributed by atoms with van der Waals surface area (Å²) in [5, 5.41) is 0. The normalized spacial score (nSPS) is 15.0. The lowest BCUT2D eigenvalue weighted by molar-refractivity contribution is 0.359. The van der Waals surface area contributed by atoms with E-state index in [-0.39, 0.29) is 0 Å². The highest BCUT2D eigenvalue weighted by molar-refractivity contribution is 9.09. The number of halogens is 1. The Morgan fingerprint density at radius 1 is 1.27 bits per heavy atom. The van der Waals surface area contributed by atoms with Gasteiger partial charge in [0.2, 0.25) is 0 Å². The summed E-state index contributed by atoms with van der Waals surface area (Å²) in [5.74, 6) is 0. The van der Waals surface area contributed by atoms with Gasteiger partial charge in [0, 0.05) is 4.83 Å². The molecule has 0 aliphatic carbocycles. The Morgan fingerprint density at radius 2 is 1.82 bits per heavy atom. The largest absolute Gasteiger partial charge is 0.0891 e. The van der Waals surface area contributed by atoms with Gasteiger partial charge >= 0.3 is 0 Å². The first-order valence-electron chi connectivity index (χ1n) is 4.60. The van der Waals surface area contributed by atoms with Gasteiger partial charge in [-0.3, -0.25) is 0 Å². The molecule has 0 aromatic heterocycles. The average molecular weight is 221 g/mol. The lowest BCUT2D eigenvalue weighted by Gasteiger charge is -2.18. The molecule has 0 aliphatic heterocycles. The van der Waals surface area contributed by atoms with Crippen LogP contribution in [0.4, 0.5) is 0 Å². The Kier molecular flexibility index (Phi) is 5.41. The molecule has 0 amide bonds. The fourth-order valence-electron chi connectivity index (χ4n) is 1.06. The summed E-state index contributed by atoms with van der Waals surface area (Å²) in [5.41, 5.74) is 0.514. The summed E-state index contributed by atoms with van der Waals surface area (Å²) in [6.07, 6.45) is 5.28. The van der Waals surface area contributed by atoms with Gasteiger partial charge in [-0.1, -0.05) is 50.0 Å². The van der Waals surface area contributed by atoms with Crippen LogP contribution in [0.3, 0.4) is 0 Å². The van der Waals surface area contributed by atoms with Crippen LogP contribution in [-0.4, -0.2) is 4.83 Å². The third-order valence-electron chi connectivity index (χ3n) is 1.89. The van der Waals surface area contributed by atoms with Gasteiger partial charge in [-0.15, -0.1) is 0 Å². The number of hydrogen-bond acceptors (Lipinski definition) is 0. The predicted molar refractivity (Wildman–Crippen MR) is 56.3 cm³/mol. The molecule has 11 heavy (non-hydrogen) atoms. The molecule has 0 rings (SSSR count). The van der Waals surface area contributed by atoms with Gasteiger partial charge in [-0.25, -0.2) is 0 Å². The van der Waals surface area contributed by atoms with Gasteiger partial charge in [0.1, 0.15) is 0 Å². The zero-order chi connectivity index (χ0) is 8.91. The Labute approximate surface area is 79.9 Å². The van der Waals surface area contributed by atoms with Crippen molar-refractivity contribution in [2.75, 3.05) is 0 Å². The Balaban J connectivity index is 3.28. The quantitative estimate of drug-likeness (QED) is 0.618. The van der Waals surface area contributed by atoms with Gasteiger partial charge in [-0.2, -0.15) is 0 Å². The highest BCUT2D eigenvalue weighted by atomic mass is 79.9. The van der Waals surface area contributed by atoms with E-state index < -0.39 is 0 Å². The predicted octanol–water partition coefficient (Wildman–Crippen LogP) is 4.38. The van der Waals surface area contributed by atoms with Gasteiger partial charge < -0.3 is 0 Å². The highest BCUT2D eigenvalue weighted by Crippen LogP contribution is 2.23. The lowest BCUT2D eigenvalue weighted by atomic mass is 9.89. The monoisotopic (exact) mass is 220 g/mol. The molecule has 0 nitrogen and oxygen atoms in total. The maximum Gasteiger partial charge on any atom is 0.0143 e. The van der Waals surface area contributed by atoms with Crippen molar-refractivity contribution in [1.82, 2.24) is 0 Å². The van der Waals surface area contributed by atoms with Crippen LogP contribution in [-0.2, 0) is 0 Å². The van der Waals surface area contributed by atoms with Crippen molar-refractivity contribution in [1.29, 1.82) is 0 Å². The first-order chi connectivity index (χ1) is 4.95. The van der Waals surface area contributed by atoms with E-state index in [1.165, 1.54) is 25.7 Å². The molecule has 0 aromatic rings. The fourth-order valence-corrected chi connectivity index (χ4v) is 1.38. The zero-order valence-corrected chi connectivity index (χ0v) is 9.87. The molecule has 0 aromatic carbocycles. The molecule has 1 heteroatoms. The van der Waals surface area contributed by atoms with Crippen molar-refractivity contribution >= 4 is 15.9 Å². The second-order valence-electron chi connectivity index (χ2n) is 4.46. The molecule has 1 unspecified atom stereocenters. The van der Waals surface area contributed by atoms with Crippen LogP contribution in [0.15, 0.2) is 0 Å². The SMILES string of the molecule is CCC(Br)CCCC(C)(C)C. The van der Waals surface area contributed by atoms with Crippen LogP contribution in [0.1, 0.15) is 53.4 Å². The molecule has 0 N–H and O–H groups in total. The minimum Gasteiger partial charge on any atom is -0.0891 e. The molecule has 1 atom stereocenters. The summed E-state index contributed by atoms with van der Waals surface area (Å²) in [7, 11) is 0.